The lowest BCUT2D eigenvalue weighted by Gasteiger charge is -2.31. The van der Waals surface area contributed by atoms with E-state index in [1.54, 1.807) is 0 Å². The molecule has 2 nitrogen and oxygen atoms in total. The third kappa shape index (κ3) is 5.12. The summed E-state index contributed by atoms with van der Waals surface area (Å²) >= 11 is 0. The Morgan fingerprint density at radius 2 is 1.85 bits per heavy atom. The van der Waals surface area contributed by atoms with Gasteiger partial charge in [-0.2, -0.15) is 13.2 Å². The molecule has 1 N–H and O–H groups in total. The second kappa shape index (κ2) is 6.57. The van der Waals surface area contributed by atoms with Crippen LogP contribution in [-0.4, -0.2) is 17.6 Å². The van der Waals surface area contributed by atoms with Gasteiger partial charge in [-0.3, -0.25) is 4.98 Å². The van der Waals surface area contributed by atoms with Gasteiger partial charge in [0.05, 0.1) is 5.56 Å². The van der Waals surface area contributed by atoms with Gasteiger partial charge in [0.15, 0.2) is 0 Å². The van der Waals surface area contributed by atoms with Crippen molar-refractivity contribution in [3.8, 4) is 0 Å². The molecule has 0 aliphatic rings. The van der Waals surface area contributed by atoms with E-state index in [2.05, 4.69) is 38.0 Å². The van der Waals surface area contributed by atoms with E-state index >= 15 is 0 Å². The van der Waals surface area contributed by atoms with Crippen LogP contribution in [0.3, 0.4) is 0 Å². The van der Waals surface area contributed by atoms with Crippen molar-refractivity contribution in [3.05, 3.63) is 29.6 Å². The lowest BCUT2D eigenvalue weighted by Crippen LogP contribution is -2.42. The van der Waals surface area contributed by atoms with E-state index < -0.39 is 11.7 Å². The fourth-order valence-corrected chi connectivity index (χ4v) is 1.93. The lowest BCUT2D eigenvalue weighted by atomic mass is 9.84. The summed E-state index contributed by atoms with van der Waals surface area (Å²) in [6, 6.07) is 2.75. The van der Waals surface area contributed by atoms with Crippen molar-refractivity contribution in [2.24, 2.45) is 5.41 Å². The number of hydrogen-bond acceptors (Lipinski definition) is 2. The first-order valence-corrected chi connectivity index (χ1v) is 6.90. The van der Waals surface area contributed by atoms with Crippen molar-refractivity contribution in [2.75, 3.05) is 6.54 Å². The molecule has 0 aliphatic carbocycles. The number of rotatable bonds is 5. The Bertz CT molecular complexity index is 405. The Hall–Kier alpha value is -1.10. The van der Waals surface area contributed by atoms with E-state index in [9.17, 15) is 13.2 Å². The third-order valence-electron chi connectivity index (χ3n) is 3.25. The van der Waals surface area contributed by atoms with Gasteiger partial charge in [0.2, 0.25) is 0 Å². The molecule has 1 unspecified atom stereocenters. The predicted molar refractivity (Wildman–Crippen MR) is 74.5 cm³/mol. The van der Waals surface area contributed by atoms with Gasteiger partial charge in [0.25, 0.3) is 0 Å². The Kier molecular flexibility index (Phi) is 5.57. The summed E-state index contributed by atoms with van der Waals surface area (Å²) in [6.07, 6.45) is -1.76. The summed E-state index contributed by atoms with van der Waals surface area (Å²) in [6.45, 7) is 9.32. The topological polar surface area (TPSA) is 24.9 Å². The molecule has 20 heavy (non-hydrogen) atoms. The molecule has 1 aromatic heterocycles. The summed E-state index contributed by atoms with van der Waals surface area (Å²) in [5, 5.41) is 3.44. The number of alkyl halides is 3. The number of nitrogens with zero attached hydrogens (tertiary/aromatic N) is 1. The molecule has 5 heteroatoms. The van der Waals surface area contributed by atoms with Gasteiger partial charge in [0, 0.05) is 24.4 Å². The molecular weight excluding hydrogens is 265 g/mol. The zero-order valence-corrected chi connectivity index (χ0v) is 12.5. The third-order valence-corrected chi connectivity index (χ3v) is 3.25. The van der Waals surface area contributed by atoms with Crippen LogP contribution in [0.2, 0.25) is 0 Å². The number of aromatic nitrogens is 1. The van der Waals surface area contributed by atoms with Gasteiger partial charge in [0.1, 0.15) is 0 Å². The molecule has 0 aliphatic heterocycles. The molecule has 0 spiro atoms. The molecule has 1 aromatic rings. The maximum atomic E-state index is 12.5. The molecule has 1 heterocycles. The molecule has 0 fully saturated rings. The molecule has 114 valence electrons. The minimum atomic E-state index is -4.32. The highest BCUT2D eigenvalue weighted by Gasteiger charge is 2.31. The van der Waals surface area contributed by atoms with E-state index in [1.165, 1.54) is 6.07 Å². The monoisotopic (exact) mass is 288 g/mol. The molecule has 0 saturated carbocycles. The quantitative estimate of drug-likeness (QED) is 0.884. The number of nitrogens with one attached hydrogen (secondary N) is 1. The van der Waals surface area contributed by atoms with Crippen molar-refractivity contribution in [2.45, 2.75) is 52.8 Å². The van der Waals surface area contributed by atoms with Gasteiger partial charge in [-0.15, -0.1) is 0 Å². The second-order valence-electron chi connectivity index (χ2n) is 6.11. The first kappa shape index (κ1) is 17.0. The summed E-state index contributed by atoms with van der Waals surface area (Å²) in [5.41, 5.74) is 0.0103. The molecule has 1 atom stereocenters. The average molecular weight is 288 g/mol. The van der Waals surface area contributed by atoms with Crippen LogP contribution in [0.1, 0.15) is 45.4 Å². The van der Waals surface area contributed by atoms with E-state index in [4.69, 9.17) is 0 Å². The predicted octanol–water partition coefficient (Wildman–Crippen LogP) is 4.06. The summed E-state index contributed by atoms with van der Waals surface area (Å²) in [4.78, 5) is 3.95. The van der Waals surface area contributed by atoms with E-state index in [1.807, 2.05) is 0 Å². The zero-order valence-electron chi connectivity index (χ0n) is 12.5. The van der Waals surface area contributed by atoms with Crippen LogP contribution < -0.4 is 5.32 Å². The Morgan fingerprint density at radius 3 is 2.25 bits per heavy atom. The standard InChI is InChI=1S/C15H23F3N2/c1-5-8-19-13(14(2,3)4)9-12-7-6-11(10-20-12)15(16,17)18/h6-7,10,13,19H,5,8-9H2,1-4H3. The normalized spacial score (nSPS) is 14.3. The highest BCUT2D eigenvalue weighted by molar-refractivity contribution is 5.17. The van der Waals surface area contributed by atoms with Gasteiger partial charge >= 0.3 is 6.18 Å². The summed E-state index contributed by atoms with van der Waals surface area (Å²) in [7, 11) is 0. The first-order valence-electron chi connectivity index (χ1n) is 6.90. The Balaban J connectivity index is 2.79. The highest BCUT2D eigenvalue weighted by Crippen LogP contribution is 2.29. The van der Waals surface area contributed by atoms with Crippen LogP contribution in [0.4, 0.5) is 13.2 Å². The number of hydrogen-bond donors (Lipinski definition) is 1. The average Bonchev–Trinajstić information content (AvgIpc) is 2.32. The second-order valence-corrected chi connectivity index (χ2v) is 6.11. The molecule has 0 radical (unpaired) electrons. The van der Waals surface area contributed by atoms with Crippen LogP contribution in [0, 0.1) is 5.41 Å². The number of pyridine rings is 1. The lowest BCUT2D eigenvalue weighted by molar-refractivity contribution is -0.137. The van der Waals surface area contributed by atoms with Crippen LogP contribution in [0.25, 0.3) is 0 Å². The minimum absolute atomic E-state index is 0.0273. The molecule has 1 rings (SSSR count). The van der Waals surface area contributed by atoms with Gasteiger partial charge in [-0.1, -0.05) is 27.7 Å². The Labute approximate surface area is 118 Å². The SMILES string of the molecule is CCCNC(Cc1ccc(C(F)(F)F)cn1)C(C)(C)C. The fraction of sp³-hybridized carbons (Fsp3) is 0.667. The zero-order chi connectivity index (χ0) is 15.4. The van der Waals surface area contributed by atoms with Crippen LogP contribution >= 0.6 is 0 Å². The molecule has 0 amide bonds. The van der Waals surface area contributed by atoms with Crippen molar-refractivity contribution in [1.82, 2.24) is 10.3 Å². The van der Waals surface area contributed by atoms with Crippen molar-refractivity contribution >= 4 is 0 Å². The molecule has 0 saturated heterocycles. The van der Waals surface area contributed by atoms with Crippen LogP contribution in [-0.2, 0) is 12.6 Å². The maximum absolute atomic E-state index is 12.5. The largest absolute Gasteiger partial charge is 0.417 e. The first-order chi connectivity index (χ1) is 9.14. The Morgan fingerprint density at radius 1 is 1.20 bits per heavy atom. The van der Waals surface area contributed by atoms with Gasteiger partial charge in [-0.25, -0.2) is 0 Å². The van der Waals surface area contributed by atoms with E-state index in [-0.39, 0.29) is 11.5 Å². The molecular formula is C15H23F3N2. The maximum Gasteiger partial charge on any atom is 0.417 e. The van der Waals surface area contributed by atoms with Crippen molar-refractivity contribution in [1.29, 1.82) is 0 Å². The molecule has 0 bridgehead atoms. The number of halogens is 3. The smallest absolute Gasteiger partial charge is 0.313 e. The van der Waals surface area contributed by atoms with Gasteiger partial charge in [-0.05, 0) is 30.5 Å². The summed E-state index contributed by atoms with van der Waals surface area (Å²) in [5.74, 6) is 0. The van der Waals surface area contributed by atoms with Crippen molar-refractivity contribution < 1.29 is 13.2 Å². The van der Waals surface area contributed by atoms with Crippen LogP contribution in [0.5, 0.6) is 0 Å². The van der Waals surface area contributed by atoms with Gasteiger partial charge < -0.3 is 5.32 Å². The van der Waals surface area contributed by atoms with Crippen LogP contribution in [0.15, 0.2) is 18.3 Å². The highest BCUT2D eigenvalue weighted by atomic mass is 19.4. The summed E-state index contributed by atoms with van der Waals surface area (Å²) < 4.78 is 37.5. The molecule has 0 aromatic carbocycles. The van der Waals surface area contributed by atoms with E-state index in [0.29, 0.717) is 12.1 Å². The minimum Gasteiger partial charge on any atom is -0.313 e. The van der Waals surface area contributed by atoms with Crippen molar-refractivity contribution in [3.63, 3.8) is 0 Å². The fourth-order valence-electron chi connectivity index (χ4n) is 1.93. The van der Waals surface area contributed by atoms with E-state index in [0.717, 1.165) is 25.2 Å².